The van der Waals surface area contributed by atoms with Gasteiger partial charge in [0.1, 0.15) is 11.6 Å². The SMILES string of the molecule is Fc1ccc2c(c1)C=NCO2.S=C1N=c2ccccc2=N1. The molecule has 0 aromatic heterocycles. The van der Waals surface area contributed by atoms with Crippen molar-refractivity contribution in [3.8, 4) is 5.75 Å². The fraction of sp³-hybridized carbons (Fsp3) is 0.0667. The quantitative estimate of drug-likeness (QED) is 0.697. The highest BCUT2D eigenvalue weighted by molar-refractivity contribution is 7.80. The minimum absolute atomic E-state index is 0.263. The normalized spacial score (nSPS) is 13.9. The van der Waals surface area contributed by atoms with E-state index in [9.17, 15) is 4.39 Å². The lowest BCUT2D eigenvalue weighted by Gasteiger charge is -2.10. The summed E-state index contributed by atoms with van der Waals surface area (Å²) in [4.78, 5) is 11.9. The lowest BCUT2D eigenvalue weighted by molar-refractivity contribution is 0.325. The van der Waals surface area contributed by atoms with Crippen LogP contribution in [0.1, 0.15) is 5.56 Å². The molecule has 2 aliphatic heterocycles. The Morgan fingerprint density at radius 1 is 1.05 bits per heavy atom. The molecule has 0 saturated heterocycles. The van der Waals surface area contributed by atoms with Gasteiger partial charge in [-0.3, -0.25) is 4.99 Å². The Labute approximate surface area is 125 Å². The Balaban J connectivity index is 0.000000126. The number of nitrogens with zero attached hydrogens (tertiary/aromatic N) is 3. The van der Waals surface area contributed by atoms with Gasteiger partial charge in [-0.2, -0.15) is 0 Å². The van der Waals surface area contributed by atoms with Crippen molar-refractivity contribution in [2.45, 2.75) is 0 Å². The van der Waals surface area contributed by atoms with Crippen LogP contribution in [0.5, 0.6) is 5.75 Å². The monoisotopic (exact) mass is 299 g/mol. The van der Waals surface area contributed by atoms with Crippen LogP contribution in [0, 0.1) is 5.82 Å². The Morgan fingerprint density at radius 2 is 1.76 bits per heavy atom. The summed E-state index contributed by atoms with van der Waals surface area (Å²) in [6.45, 7) is 0.332. The maximum atomic E-state index is 12.6. The molecular weight excluding hydrogens is 289 g/mol. The molecule has 104 valence electrons. The standard InChI is InChI=1S/C8H6FNO.C7H4N2S/c9-7-1-2-8-6(3-7)4-10-5-11-8;10-7-8-5-3-1-2-4-6(5)9-7/h1-4H,5H2;1-4H. The molecule has 0 fully saturated rings. The van der Waals surface area contributed by atoms with Crippen LogP contribution in [0.2, 0.25) is 0 Å². The Bertz CT molecular complexity index is 811. The fourth-order valence-corrected chi connectivity index (χ4v) is 2.08. The zero-order chi connectivity index (χ0) is 14.7. The molecule has 6 heteroatoms. The molecule has 0 radical (unpaired) electrons. The molecule has 4 nitrogen and oxygen atoms in total. The lowest BCUT2D eigenvalue weighted by Crippen LogP contribution is -2.19. The van der Waals surface area contributed by atoms with Crippen LogP contribution < -0.4 is 15.5 Å². The maximum absolute atomic E-state index is 12.6. The first kappa shape index (κ1) is 13.5. The van der Waals surface area contributed by atoms with E-state index in [0.717, 1.165) is 10.7 Å². The predicted octanol–water partition coefficient (Wildman–Crippen LogP) is 1.82. The van der Waals surface area contributed by atoms with Gasteiger partial charge in [0.2, 0.25) is 5.11 Å². The van der Waals surface area contributed by atoms with Crippen LogP contribution in [0.15, 0.2) is 57.4 Å². The van der Waals surface area contributed by atoms with Crippen molar-refractivity contribution in [2.75, 3.05) is 6.73 Å². The highest BCUT2D eigenvalue weighted by atomic mass is 32.1. The first-order valence-electron chi connectivity index (χ1n) is 6.21. The fourth-order valence-electron chi connectivity index (χ4n) is 1.88. The third-order valence-corrected chi connectivity index (χ3v) is 2.99. The second-order valence-corrected chi connectivity index (χ2v) is 4.63. The average molecular weight is 299 g/mol. The molecule has 4 rings (SSSR count). The highest BCUT2D eigenvalue weighted by Gasteiger charge is 2.05. The highest BCUT2D eigenvalue weighted by Crippen LogP contribution is 2.19. The molecule has 0 amide bonds. The summed E-state index contributed by atoms with van der Waals surface area (Å²) in [6, 6.07) is 12.0. The van der Waals surface area contributed by atoms with E-state index in [1.165, 1.54) is 12.1 Å². The molecular formula is C15H10FN3OS. The van der Waals surface area contributed by atoms with Crippen molar-refractivity contribution in [3.05, 3.63) is 64.6 Å². The van der Waals surface area contributed by atoms with E-state index in [1.807, 2.05) is 24.3 Å². The van der Waals surface area contributed by atoms with Gasteiger partial charge in [-0.25, -0.2) is 14.4 Å². The average Bonchev–Trinajstić information content (AvgIpc) is 2.88. The van der Waals surface area contributed by atoms with E-state index in [0.29, 0.717) is 23.2 Å². The summed E-state index contributed by atoms with van der Waals surface area (Å²) in [7, 11) is 0. The van der Waals surface area contributed by atoms with Crippen molar-refractivity contribution in [1.82, 2.24) is 0 Å². The summed E-state index contributed by atoms with van der Waals surface area (Å²) in [5.41, 5.74) is 0.705. The molecule has 2 aromatic carbocycles. The van der Waals surface area contributed by atoms with Crippen LogP contribution in [0.3, 0.4) is 0 Å². The Kier molecular flexibility index (Phi) is 3.79. The van der Waals surface area contributed by atoms with Gasteiger partial charge in [0.05, 0.1) is 10.7 Å². The van der Waals surface area contributed by atoms with Crippen LogP contribution >= 0.6 is 12.2 Å². The number of ether oxygens (including phenoxy) is 1. The van der Waals surface area contributed by atoms with Crippen molar-refractivity contribution in [1.29, 1.82) is 0 Å². The van der Waals surface area contributed by atoms with Gasteiger partial charge in [-0.05, 0) is 42.5 Å². The van der Waals surface area contributed by atoms with E-state index in [4.69, 9.17) is 17.0 Å². The Morgan fingerprint density at radius 3 is 2.48 bits per heavy atom. The summed E-state index contributed by atoms with van der Waals surface area (Å²) in [5.74, 6) is 0.433. The molecule has 21 heavy (non-hydrogen) atoms. The molecule has 0 aliphatic carbocycles. The number of halogens is 1. The van der Waals surface area contributed by atoms with Gasteiger partial charge in [-0.1, -0.05) is 12.1 Å². The first-order valence-corrected chi connectivity index (χ1v) is 6.62. The first-order chi connectivity index (χ1) is 10.2. The minimum atomic E-state index is -0.263. The number of hydrogen-bond donors (Lipinski definition) is 0. The lowest BCUT2D eigenvalue weighted by atomic mass is 10.2. The second kappa shape index (κ2) is 5.88. The molecule has 0 N–H and O–H groups in total. The molecule has 0 saturated carbocycles. The summed E-state index contributed by atoms with van der Waals surface area (Å²) in [6.07, 6.45) is 1.61. The predicted molar refractivity (Wildman–Crippen MR) is 80.8 cm³/mol. The third-order valence-electron chi connectivity index (χ3n) is 2.81. The summed E-state index contributed by atoms with van der Waals surface area (Å²) >= 11 is 4.79. The topological polar surface area (TPSA) is 46.3 Å². The zero-order valence-corrected chi connectivity index (χ0v) is 11.7. The molecule has 0 unspecified atom stereocenters. The van der Waals surface area contributed by atoms with Gasteiger partial charge in [0.25, 0.3) is 0 Å². The van der Waals surface area contributed by atoms with E-state index in [-0.39, 0.29) is 5.82 Å². The van der Waals surface area contributed by atoms with Crippen LogP contribution in [0.25, 0.3) is 0 Å². The van der Waals surface area contributed by atoms with Gasteiger partial charge in [0.15, 0.2) is 6.73 Å². The number of benzene rings is 2. The largest absolute Gasteiger partial charge is 0.471 e. The number of aliphatic imine (C=N–C) groups is 1. The minimum Gasteiger partial charge on any atom is -0.471 e. The number of hydrogen-bond acceptors (Lipinski definition) is 3. The number of fused-ring (bicyclic) bond motifs is 2. The molecule has 2 aromatic rings. The van der Waals surface area contributed by atoms with E-state index in [2.05, 4.69) is 15.0 Å². The van der Waals surface area contributed by atoms with Gasteiger partial charge >= 0.3 is 0 Å². The summed E-state index contributed by atoms with van der Waals surface area (Å²) in [5, 5.41) is 2.20. The summed E-state index contributed by atoms with van der Waals surface area (Å²) < 4.78 is 17.7. The van der Waals surface area contributed by atoms with Crippen molar-refractivity contribution < 1.29 is 9.13 Å². The van der Waals surface area contributed by atoms with E-state index < -0.39 is 0 Å². The smallest absolute Gasteiger partial charge is 0.220 e. The molecule has 0 spiro atoms. The van der Waals surface area contributed by atoms with Crippen LogP contribution in [-0.2, 0) is 0 Å². The molecule has 2 aliphatic rings. The Hall–Kier alpha value is -2.47. The third kappa shape index (κ3) is 3.17. The molecule has 0 atom stereocenters. The number of para-hydroxylation sites is 2. The van der Waals surface area contributed by atoms with Gasteiger partial charge in [0, 0.05) is 11.8 Å². The van der Waals surface area contributed by atoms with E-state index in [1.54, 1.807) is 12.3 Å². The van der Waals surface area contributed by atoms with Gasteiger partial charge < -0.3 is 4.74 Å². The molecule has 0 bridgehead atoms. The van der Waals surface area contributed by atoms with Crippen LogP contribution in [0.4, 0.5) is 4.39 Å². The number of rotatable bonds is 0. The number of thiocarbonyl (C=S) groups is 1. The van der Waals surface area contributed by atoms with Crippen LogP contribution in [-0.4, -0.2) is 18.1 Å². The van der Waals surface area contributed by atoms with Gasteiger partial charge in [-0.15, -0.1) is 0 Å². The second-order valence-electron chi connectivity index (χ2n) is 4.26. The van der Waals surface area contributed by atoms with Crippen molar-refractivity contribution >= 4 is 23.5 Å². The van der Waals surface area contributed by atoms with E-state index >= 15 is 0 Å². The van der Waals surface area contributed by atoms with Crippen molar-refractivity contribution in [2.24, 2.45) is 15.0 Å². The van der Waals surface area contributed by atoms with Crippen molar-refractivity contribution in [3.63, 3.8) is 0 Å². The molecule has 2 heterocycles. The zero-order valence-electron chi connectivity index (χ0n) is 10.9. The maximum Gasteiger partial charge on any atom is 0.220 e.